The fourth-order valence-electron chi connectivity index (χ4n) is 6.49. The molecule has 10 heteroatoms. The quantitative estimate of drug-likeness (QED) is 0.367. The number of nitrogens with zero attached hydrogens (tertiary/aromatic N) is 1. The smallest absolute Gasteiger partial charge is 0.330 e. The van der Waals surface area contributed by atoms with E-state index >= 15 is 0 Å². The van der Waals surface area contributed by atoms with Crippen molar-refractivity contribution in [3.05, 3.63) is 93.3 Å². The molecule has 2 aromatic carbocycles. The van der Waals surface area contributed by atoms with Crippen LogP contribution < -0.4 is 21.6 Å². The molecule has 2 heterocycles. The molecular formula is C32H42N2O7Si. The number of methoxy groups -OCH3 is 1. The predicted molar refractivity (Wildman–Crippen MR) is 163 cm³/mol. The van der Waals surface area contributed by atoms with Crippen molar-refractivity contribution in [3.8, 4) is 0 Å². The van der Waals surface area contributed by atoms with E-state index in [9.17, 15) is 14.7 Å². The van der Waals surface area contributed by atoms with Crippen LogP contribution in [0.2, 0.25) is 5.04 Å². The summed E-state index contributed by atoms with van der Waals surface area (Å²) >= 11 is 0. The standard InChI is InChI=1S/C32H42N2O7Si/c1-21-19-34(31(37)33-29(21)36)30-28(40-25-18-12-17-24(25)38-5)27(35)26(41-30)20-39-42(32(2,3)4,22-13-8-6-9-14-22)23-15-10-7-11-16-23/h6-11,13-16,19,24-28,30,35H,12,17-18,20H2,1-5H3,(H,33,36,37)/t24-,25-,26-,27?,28?,30-/m1/s1. The number of ether oxygens (including phenoxy) is 3. The molecule has 1 aliphatic carbocycles. The molecule has 2 aliphatic rings. The second kappa shape index (κ2) is 12.4. The fourth-order valence-corrected chi connectivity index (χ4v) is 11.1. The predicted octanol–water partition coefficient (Wildman–Crippen LogP) is 2.63. The molecule has 0 radical (unpaired) electrons. The van der Waals surface area contributed by atoms with Crippen molar-refractivity contribution in [2.45, 2.75) is 88.7 Å². The number of nitrogens with one attached hydrogen (secondary N) is 1. The number of benzene rings is 2. The van der Waals surface area contributed by atoms with Crippen molar-refractivity contribution in [1.29, 1.82) is 0 Å². The molecule has 0 spiro atoms. The van der Waals surface area contributed by atoms with Crippen molar-refractivity contribution in [1.82, 2.24) is 9.55 Å². The first-order chi connectivity index (χ1) is 20.1. The average molecular weight is 595 g/mol. The van der Waals surface area contributed by atoms with Gasteiger partial charge in [0.15, 0.2) is 6.23 Å². The molecule has 1 saturated carbocycles. The number of rotatable bonds is 9. The molecule has 9 nitrogen and oxygen atoms in total. The van der Waals surface area contributed by atoms with Gasteiger partial charge < -0.3 is 23.7 Å². The molecule has 2 N–H and O–H groups in total. The van der Waals surface area contributed by atoms with Gasteiger partial charge >= 0.3 is 5.69 Å². The average Bonchev–Trinajstić information content (AvgIpc) is 3.55. The molecule has 2 unspecified atom stereocenters. The van der Waals surface area contributed by atoms with Gasteiger partial charge in [-0.2, -0.15) is 0 Å². The molecular weight excluding hydrogens is 552 g/mol. The van der Waals surface area contributed by atoms with Gasteiger partial charge in [-0.1, -0.05) is 81.4 Å². The maximum Gasteiger partial charge on any atom is 0.330 e. The Hall–Kier alpha value is -2.86. The van der Waals surface area contributed by atoms with E-state index in [1.165, 1.54) is 10.8 Å². The maximum atomic E-state index is 13.0. The Morgan fingerprint density at radius 1 is 1.00 bits per heavy atom. The first-order valence-electron chi connectivity index (χ1n) is 14.7. The van der Waals surface area contributed by atoms with Crippen molar-refractivity contribution < 1.29 is 23.7 Å². The van der Waals surface area contributed by atoms with E-state index < -0.39 is 44.1 Å². The molecule has 1 saturated heterocycles. The van der Waals surface area contributed by atoms with E-state index in [1.54, 1.807) is 14.0 Å². The van der Waals surface area contributed by atoms with Gasteiger partial charge in [-0.15, -0.1) is 0 Å². The van der Waals surface area contributed by atoms with Gasteiger partial charge in [-0.05, 0) is 41.6 Å². The molecule has 0 bridgehead atoms. The van der Waals surface area contributed by atoms with Gasteiger partial charge in [0.05, 0.1) is 18.8 Å². The lowest BCUT2D eigenvalue weighted by Crippen LogP contribution is -2.67. The third-order valence-corrected chi connectivity index (χ3v) is 13.6. The maximum absolute atomic E-state index is 13.0. The summed E-state index contributed by atoms with van der Waals surface area (Å²) in [6.07, 6.45) is -0.0524. The molecule has 2 fully saturated rings. The first kappa shape index (κ1) is 30.6. The lowest BCUT2D eigenvalue weighted by molar-refractivity contribution is -0.130. The van der Waals surface area contributed by atoms with Crippen LogP contribution in [0.25, 0.3) is 0 Å². The molecule has 226 valence electrons. The largest absolute Gasteiger partial charge is 0.405 e. The van der Waals surface area contributed by atoms with E-state index in [-0.39, 0.29) is 23.9 Å². The number of aliphatic hydroxyl groups excluding tert-OH is 1. The molecule has 0 amide bonds. The molecule has 5 rings (SSSR count). The zero-order valence-corrected chi connectivity index (χ0v) is 26.0. The van der Waals surface area contributed by atoms with Crippen LogP contribution in [0.1, 0.15) is 51.8 Å². The van der Waals surface area contributed by atoms with Gasteiger partial charge in [-0.25, -0.2) is 4.79 Å². The van der Waals surface area contributed by atoms with Crippen LogP contribution in [0, 0.1) is 6.92 Å². The Morgan fingerprint density at radius 3 is 2.17 bits per heavy atom. The number of aliphatic hydroxyl groups is 1. The molecule has 3 aromatic rings. The summed E-state index contributed by atoms with van der Waals surface area (Å²) in [5, 5.41) is 13.7. The minimum atomic E-state index is -2.92. The lowest BCUT2D eigenvalue weighted by atomic mass is 10.1. The highest BCUT2D eigenvalue weighted by Crippen LogP contribution is 2.39. The van der Waals surface area contributed by atoms with Gasteiger partial charge in [-0.3, -0.25) is 14.3 Å². The Kier molecular flexibility index (Phi) is 9.03. The third kappa shape index (κ3) is 5.71. The highest BCUT2D eigenvalue weighted by Gasteiger charge is 2.53. The van der Waals surface area contributed by atoms with Crippen molar-refractivity contribution in [2.24, 2.45) is 0 Å². The zero-order valence-electron chi connectivity index (χ0n) is 25.0. The normalized spacial score (nSPS) is 26.5. The Bertz CT molecular complexity index is 1410. The summed E-state index contributed by atoms with van der Waals surface area (Å²) in [6.45, 7) is 8.27. The summed E-state index contributed by atoms with van der Waals surface area (Å²) in [5.74, 6) is 0. The van der Waals surface area contributed by atoms with Crippen molar-refractivity contribution >= 4 is 18.7 Å². The molecule has 6 atom stereocenters. The summed E-state index contributed by atoms with van der Waals surface area (Å²) in [5.41, 5.74) is -0.733. The Morgan fingerprint density at radius 2 is 1.60 bits per heavy atom. The number of hydrogen-bond acceptors (Lipinski definition) is 7. The third-order valence-electron chi connectivity index (χ3n) is 8.64. The number of H-pyrrole nitrogens is 1. The van der Waals surface area contributed by atoms with Gasteiger partial charge in [0.1, 0.15) is 18.3 Å². The minimum Gasteiger partial charge on any atom is -0.405 e. The second-order valence-corrected chi connectivity index (χ2v) is 16.7. The molecule has 42 heavy (non-hydrogen) atoms. The van der Waals surface area contributed by atoms with Crippen LogP contribution in [-0.2, 0) is 18.6 Å². The SMILES string of the molecule is CO[C@@H]1CCC[C@H]1OC1C(O)[C@@H](CO[Si](c2ccccc2)(c2ccccc2)C(C)(C)C)O[C@H]1n1cc(C)c(=O)[nH]c1=O. The van der Waals surface area contributed by atoms with Crippen LogP contribution in [0.15, 0.2) is 76.4 Å². The first-order valence-corrected chi connectivity index (χ1v) is 16.6. The van der Waals surface area contributed by atoms with Crippen LogP contribution >= 0.6 is 0 Å². The molecule has 1 aromatic heterocycles. The summed E-state index contributed by atoms with van der Waals surface area (Å²) in [6, 6.07) is 20.5. The molecule has 1 aliphatic heterocycles. The fraction of sp³-hybridized carbons (Fsp3) is 0.500. The van der Waals surface area contributed by atoms with Gasteiger partial charge in [0.2, 0.25) is 0 Å². The number of aromatic nitrogens is 2. The van der Waals surface area contributed by atoms with E-state index in [4.69, 9.17) is 18.6 Å². The summed E-state index contributed by atoms with van der Waals surface area (Å²) < 4.78 is 26.9. The Labute approximate surface area is 247 Å². The minimum absolute atomic E-state index is 0.0836. The monoisotopic (exact) mass is 594 g/mol. The van der Waals surface area contributed by atoms with Crippen molar-refractivity contribution in [2.75, 3.05) is 13.7 Å². The van der Waals surface area contributed by atoms with E-state index in [1.807, 2.05) is 36.4 Å². The highest BCUT2D eigenvalue weighted by atomic mass is 28.4. The number of aryl methyl sites for hydroxylation is 1. The van der Waals surface area contributed by atoms with Crippen LogP contribution in [-0.4, -0.2) is 67.2 Å². The Balaban J connectivity index is 1.51. The van der Waals surface area contributed by atoms with Crippen LogP contribution in [0.3, 0.4) is 0 Å². The van der Waals surface area contributed by atoms with E-state index in [0.29, 0.717) is 5.56 Å². The zero-order chi connectivity index (χ0) is 30.1. The van der Waals surface area contributed by atoms with E-state index in [2.05, 4.69) is 50.0 Å². The van der Waals surface area contributed by atoms with E-state index in [0.717, 1.165) is 29.6 Å². The lowest BCUT2D eigenvalue weighted by Gasteiger charge is -2.43. The summed E-state index contributed by atoms with van der Waals surface area (Å²) in [4.78, 5) is 27.4. The van der Waals surface area contributed by atoms with Crippen molar-refractivity contribution in [3.63, 3.8) is 0 Å². The number of aromatic amines is 1. The summed E-state index contributed by atoms with van der Waals surface area (Å²) in [7, 11) is -1.26. The number of hydrogen-bond donors (Lipinski definition) is 2. The van der Waals surface area contributed by atoms with Crippen LogP contribution in [0.4, 0.5) is 0 Å². The van der Waals surface area contributed by atoms with Gasteiger partial charge in [0.25, 0.3) is 13.9 Å². The highest BCUT2D eigenvalue weighted by molar-refractivity contribution is 6.99. The topological polar surface area (TPSA) is 112 Å². The van der Waals surface area contributed by atoms with Gasteiger partial charge in [0, 0.05) is 18.9 Å². The second-order valence-electron chi connectivity index (χ2n) is 12.4. The van der Waals surface area contributed by atoms with Crippen LogP contribution in [0.5, 0.6) is 0 Å².